The Morgan fingerprint density at radius 2 is 2.09 bits per heavy atom. The molecule has 7 heteroatoms. The molecule has 0 aliphatic rings. The fourth-order valence-electron chi connectivity index (χ4n) is 1.61. The second kappa shape index (κ2) is 7.92. The molecule has 0 heterocycles. The molecule has 0 fully saturated rings. The Morgan fingerprint density at radius 3 is 2.74 bits per heavy atom. The van der Waals surface area contributed by atoms with Crippen molar-refractivity contribution in [3.05, 3.63) is 64.4 Å². The number of nitrogens with one attached hydrogen (secondary N) is 1. The second-order valence-electron chi connectivity index (χ2n) is 4.35. The van der Waals surface area contributed by atoms with Crippen molar-refractivity contribution in [3.63, 3.8) is 0 Å². The number of hydrogen-bond donors (Lipinski definition) is 1. The minimum absolute atomic E-state index is 0.0856. The zero-order chi connectivity index (χ0) is 16.7. The number of rotatable bonds is 5. The first-order valence-electron chi connectivity index (χ1n) is 6.49. The van der Waals surface area contributed by atoms with Crippen LogP contribution in [-0.2, 0) is 4.79 Å². The molecule has 2 aromatic carbocycles. The lowest BCUT2D eigenvalue weighted by atomic mass is 10.2. The summed E-state index contributed by atoms with van der Waals surface area (Å²) < 4.78 is 18.7. The number of benzene rings is 2. The molecule has 0 spiro atoms. The van der Waals surface area contributed by atoms with Crippen molar-refractivity contribution < 1.29 is 13.9 Å². The van der Waals surface area contributed by atoms with Gasteiger partial charge in [-0.25, -0.2) is 9.82 Å². The molecule has 0 saturated carbocycles. The van der Waals surface area contributed by atoms with Crippen LogP contribution in [0.3, 0.4) is 0 Å². The van der Waals surface area contributed by atoms with Gasteiger partial charge in [-0.1, -0.05) is 17.7 Å². The van der Waals surface area contributed by atoms with Gasteiger partial charge >= 0.3 is 0 Å². The van der Waals surface area contributed by atoms with Crippen LogP contribution < -0.4 is 10.2 Å². The standard InChI is InChI=1S/C16H11ClFN3O2/c17-14-2-1-3-15(18)13(14)9-20-21-16(22)10-23-12-6-4-11(8-19)5-7-12/h1-7,9H,10H2,(H,21,22)/b20-9-. The molecule has 116 valence electrons. The van der Waals surface area contributed by atoms with E-state index in [1.807, 2.05) is 6.07 Å². The predicted octanol–water partition coefficient (Wildman–Crippen LogP) is 2.88. The highest BCUT2D eigenvalue weighted by molar-refractivity contribution is 6.33. The quantitative estimate of drug-likeness (QED) is 0.676. The van der Waals surface area contributed by atoms with Crippen LogP contribution in [0.2, 0.25) is 5.02 Å². The molecular formula is C16H11ClFN3O2. The monoisotopic (exact) mass is 331 g/mol. The lowest BCUT2D eigenvalue weighted by Gasteiger charge is -2.05. The van der Waals surface area contributed by atoms with Crippen molar-refractivity contribution in [1.29, 1.82) is 5.26 Å². The molecule has 0 atom stereocenters. The first-order chi connectivity index (χ1) is 11.1. The van der Waals surface area contributed by atoms with E-state index in [9.17, 15) is 9.18 Å². The summed E-state index contributed by atoms with van der Waals surface area (Å²) in [6.45, 7) is -0.270. The lowest BCUT2D eigenvalue weighted by molar-refractivity contribution is -0.123. The van der Waals surface area contributed by atoms with Gasteiger partial charge in [0.2, 0.25) is 0 Å². The highest BCUT2D eigenvalue weighted by atomic mass is 35.5. The Bertz CT molecular complexity index is 750. The van der Waals surface area contributed by atoms with Crippen LogP contribution in [0.1, 0.15) is 11.1 Å². The molecular weight excluding hydrogens is 321 g/mol. The molecule has 0 unspecified atom stereocenters. The number of ether oxygens (including phenoxy) is 1. The van der Waals surface area contributed by atoms with Crippen molar-refractivity contribution in [2.24, 2.45) is 5.10 Å². The fraction of sp³-hybridized carbons (Fsp3) is 0.0625. The zero-order valence-corrected chi connectivity index (χ0v) is 12.5. The van der Waals surface area contributed by atoms with Gasteiger partial charge in [0.05, 0.1) is 22.9 Å². The highest BCUT2D eigenvalue weighted by Crippen LogP contribution is 2.16. The van der Waals surface area contributed by atoms with E-state index in [2.05, 4.69) is 10.5 Å². The third-order valence-corrected chi connectivity index (χ3v) is 3.07. The van der Waals surface area contributed by atoms with Crippen molar-refractivity contribution in [1.82, 2.24) is 5.43 Å². The minimum Gasteiger partial charge on any atom is -0.484 e. The normalized spacial score (nSPS) is 10.3. The number of halogens is 2. The third-order valence-electron chi connectivity index (χ3n) is 2.74. The Morgan fingerprint density at radius 1 is 1.35 bits per heavy atom. The number of nitrogens with zero attached hydrogens (tertiary/aromatic N) is 2. The van der Waals surface area contributed by atoms with Gasteiger partial charge < -0.3 is 4.74 Å². The van der Waals surface area contributed by atoms with Gasteiger partial charge in [0, 0.05) is 5.56 Å². The topological polar surface area (TPSA) is 74.5 Å². The van der Waals surface area contributed by atoms with Gasteiger partial charge in [0.15, 0.2) is 6.61 Å². The molecule has 0 aliphatic carbocycles. The summed E-state index contributed by atoms with van der Waals surface area (Å²) in [5, 5.41) is 12.5. The molecule has 5 nitrogen and oxygen atoms in total. The van der Waals surface area contributed by atoms with E-state index >= 15 is 0 Å². The first kappa shape index (κ1) is 16.5. The number of carbonyl (C=O) groups excluding carboxylic acids is 1. The smallest absolute Gasteiger partial charge is 0.277 e. The summed E-state index contributed by atoms with van der Waals surface area (Å²) in [5.41, 5.74) is 2.79. The summed E-state index contributed by atoms with van der Waals surface area (Å²) in [6, 6.07) is 12.5. The molecule has 1 N–H and O–H groups in total. The largest absolute Gasteiger partial charge is 0.484 e. The number of hydrazone groups is 1. The van der Waals surface area contributed by atoms with E-state index in [-0.39, 0.29) is 17.2 Å². The molecule has 0 aromatic heterocycles. The van der Waals surface area contributed by atoms with Crippen molar-refractivity contribution in [2.45, 2.75) is 0 Å². The van der Waals surface area contributed by atoms with Gasteiger partial charge in [-0.3, -0.25) is 4.79 Å². The van der Waals surface area contributed by atoms with Gasteiger partial charge in [-0.05, 0) is 36.4 Å². The summed E-state index contributed by atoms with van der Waals surface area (Å²) in [4.78, 5) is 11.6. The van der Waals surface area contributed by atoms with Gasteiger partial charge in [-0.2, -0.15) is 10.4 Å². The van der Waals surface area contributed by atoms with Crippen LogP contribution in [-0.4, -0.2) is 18.7 Å². The molecule has 0 radical (unpaired) electrons. The van der Waals surface area contributed by atoms with E-state index in [0.29, 0.717) is 11.3 Å². The third kappa shape index (κ3) is 4.80. The number of nitriles is 1. The Balaban J connectivity index is 1.85. The SMILES string of the molecule is N#Cc1ccc(OCC(=O)N/N=C\c2c(F)cccc2Cl)cc1. The summed E-state index contributed by atoms with van der Waals surface area (Å²) in [6.07, 6.45) is 1.12. The second-order valence-corrected chi connectivity index (χ2v) is 4.76. The maximum atomic E-state index is 13.5. The molecule has 0 saturated heterocycles. The van der Waals surface area contributed by atoms with Crippen molar-refractivity contribution in [3.8, 4) is 11.8 Å². The Labute approximate surface area is 137 Å². The average Bonchev–Trinajstić information content (AvgIpc) is 2.56. The minimum atomic E-state index is -0.538. The lowest BCUT2D eigenvalue weighted by Crippen LogP contribution is -2.24. The Hall–Kier alpha value is -2.91. The number of carbonyl (C=O) groups is 1. The van der Waals surface area contributed by atoms with Crippen LogP contribution in [0.25, 0.3) is 0 Å². The zero-order valence-electron chi connectivity index (χ0n) is 11.8. The molecule has 0 aliphatic heterocycles. The van der Waals surface area contributed by atoms with Crippen LogP contribution in [0.5, 0.6) is 5.75 Å². The maximum absolute atomic E-state index is 13.5. The van der Waals surface area contributed by atoms with Crippen molar-refractivity contribution in [2.75, 3.05) is 6.61 Å². The van der Waals surface area contributed by atoms with Crippen LogP contribution >= 0.6 is 11.6 Å². The molecule has 23 heavy (non-hydrogen) atoms. The molecule has 1 amide bonds. The van der Waals surface area contributed by atoms with Gasteiger partial charge in [-0.15, -0.1) is 0 Å². The molecule has 0 bridgehead atoms. The van der Waals surface area contributed by atoms with Crippen molar-refractivity contribution >= 4 is 23.7 Å². The summed E-state index contributed by atoms with van der Waals surface area (Å²) in [7, 11) is 0. The average molecular weight is 332 g/mol. The summed E-state index contributed by atoms with van der Waals surface area (Å²) >= 11 is 5.82. The summed E-state index contributed by atoms with van der Waals surface area (Å²) in [5.74, 6) is -0.609. The maximum Gasteiger partial charge on any atom is 0.277 e. The van der Waals surface area contributed by atoms with E-state index in [1.54, 1.807) is 24.3 Å². The highest BCUT2D eigenvalue weighted by Gasteiger charge is 2.05. The Kier molecular flexibility index (Phi) is 5.67. The van der Waals surface area contributed by atoms with Gasteiger partial charge in [0.25, 0.3) is 5.91 Å². The number of hydrogen-bond acceptors (Lipinski definition) is 4. The van der Waals surface area contributed by atoms with Crippen LogP contribution in [0, 0.1) is 17.1 Å². The molecule has 2 aromatic rings. The van der Waals surface area contributed by atoms with Crippen LogP contribution in [0.4, 0.5) is 4.39 Å². The fourth-order valence-corrected chi connectivity index (χ4v) is 1.82. The first-order valence-corrected chi connectivity index (χ1v) is 6.87. The van der Waals surface area contributed by atoms with Gasteiger partial charge in [0.1, 0.15) is 11.6 Å². The van der Waals surface area contributed by atoms with E-state index in [1.165, 1.54) is 18.2 Å². The van der Waals surface area contributed by atoms with E-state index in [4.69, 9.17) is 21.6 Å². The predicted molar refractivity (Wildman–Crippen MR) is 83.8 cm³/mol. The van der Waals surface area contributed by atoms with E-state index in [0.717, 1.165) is 6.21 Å². The van der Waals surface area contributed by atoms with E-state index < -0.39 is 11.7 Å². The van der Waals surface area contributed by atoms with Crippen LogP contribution in [0.15, 0.2) is 47.6 Å². The number of amides is 1. The molecule has 2 rings (SSSR count).